The first kappa shape index (κ1) is 12.1. The summed E-state index contributed by atoms with van der Waals surface area (Å²) in [7, 11) is 1.45. The number of methoxy groups -OCH3 is 1. The van der Waals surface area contributed by atoms with Crippen molar-refractivity contribution in [3.63, 3.8) is 0 Å². The van der Waals surface area contributed by atoms with Gasteiger partial charge in [0.1, 0.15) is 12.1 Å². The van der Waals surface area contributed by atoms with E-state index in [2.05, 4.69) is 14.9 Å². The Kier molecular flexibility index (Phi) is 4.38. The van der Waals surface area contributed by atoms with Crippen LogP contribution in [0.3, 0.4) is 0 Å². The molecule has 0 amide bonds. The lowest BCUT2D eigenvalue weighted by atomic mass is 10.2. The van der Waals surface area contributed by atoms with Crippen LogP contribution in [0, 0.1) is 0 Å². The Morgan fingerprint density at radius 2 is 2.06 bits per heavy atom. The molecule has 0 aliphatic carbocycles. The molecule has 1 heterocycles. The van der Waals surface area contributed by atoms with E-state index in [0.29, 0.717) is 5.88 Å². The van der Waals surface area contributed by atoms with Gasteiger partial charge in [0.05, 0.1) is 13.7 Å². The summed E-state index contributed by atoms with van der Waals surface area (Å²) < 4.78 is 9.44. The van der Waals surface area contributed by atoms with Crippen molar-refractivity contribution in [2.75, 3.05) is 13.7 Å². The van der Waals surface area contributed by atoms with E-state index in [1.54, 1.807) is 6.92 Å². The van der Waals surface area contributed by atoms with Gasteiger partial charge in [-0.1, -0.05) is 0 Å². The molecule has 86 valence electrons. The highest BCUT2D eigenvalue weighted by molar-refractivity contribution is 6.04. The van der Waals surface area contributed by atoms with E-state index in [4.69, 9.17) is 4.74 Å². The quantitative estimate of drug-likeness (QED) is 0.414. The Labute approximate surface area is 92.6 Å². The van der Waals surface area contributed by atoms with Crippen LogP contribution in [0.1, 0.15) is 23.8 Å². The molecule has 1 aromatic heterocycles. The van der Waals surface area contributed by atoms with E-state index < -0.39 is 11.8 Å². The van der Waals surface area contributed by atoms with Gasteiger partial charge in [-0.05, 0) is 13.0 Å². The van der Waals surface area contributed by atoms with Crippen molar-refractivity contribution in [3.8, 4) is 5.88 Å². The molecule has 0 aliphatic heterocycles. The summed E-state index contributed by atoms with van der Waals surface area (Å²) in [4.78, 5) is 22.5. The first-order valence-electron chi connectivity index (χ1n) is 4.74. The van der Waals surface area contributed by atoms with Gasteiger partial charge in [0.2, 0.25) is 5.88 Å². The number of ether oxygens (including phenoxy) is 2. The summed E-state index contributed by atoms with van der Waals surface area (Å²) in [5.74, 6) is -0.675. The highest BCUT2D eigenvalue weighted by Crippen LogP contribution is 2.05. The maximum atomic E-state index is 11.5. The molecular formula is C10H12N2O4. The zero-order valence-corrected chi connectivity index (χ0v) is 9.10. The second-order valence-electron chi connectivity index (χ2n) is 2.87. The summed E-state index contributed by atoms with van der Waals surface area (Å²) in [6.07, 6.45) is -0.325. The van der Waals surface area contributed by atoms with E-state index in [9.17, 15) is 9.59 Å². The molecule has 0 aromatic carbocycles. The number of carbonyl (C=O) groups is 2. The smallest absolute Gasteiger partial charge is 0.313 e. The molecule has 0 atom stereocenters. The normalized spacial score (nSPS) is 9.62. The van der Waals surface area contributed by atoms with Gasteiger partial charge in [-0.3, -0.25) is 9.59 Å². The number of Topliss-reactive ketones (excluding diaryl/α,β-unsaturated/α-hetero) is 1. The Bertz CT molecular complexity index is 375. The summed E-state index contributed by atoms with van der Waals surface area (Å²) in [6, 6.07) is 2.96. The third-order valence-electron chi connectivity index (χ3n) is 1.75. The van der Waals surface area contributed by atoms with Crippen LogP contribution in [0.5, 0.6) is 5.88 Å². The van der Waals surface area contributed by atoms with Crippen LogP contribution in [0.15, 0.2) is 12.1 Å². The zero-order chi connectivity index (χ0) is 12.0. The van der Waals surface area contributed by atoms with Gasteiger partial charge in [0.15, 0.2) is 5.78 Å². The van der Waals surface area contributed by atoms with Gasteiger partial charge in [-0.15, -0.1) is 10.2 Å². The van der Waals surface area contributed by atoms with Gasteiger partial charge in [-0.2, -0.15) is 0 Å². The third kappa shape index (κ3) is 3.30. The highest BCUT2D eigenvalue weighted by atomic mass is 16.5. The topological polar surface area (TPSA) is 78.4 Å². The number of rotatable bonds is 5. The van der Waals surface area contributed by atoms with E-state index >= 15 is 0 Å². The Hall–Kier alpha value is -1.98. The summed E-state index contributed by atoms with van der Waals surface area (Å²) in [5.41, 5.74) is 0.119. The molecular weight excluding hydrogens is 212 g/mol. The van der Waals surface area contributed by atoms with E-state index in [0.717, 1.165) is 0 Å². The minimum atomic E-state index is -0.565. The molecule has 0 saturated heterocycles. The number of esters is 1. The summed E-state index contributed by atoms with van der Waals surface area (Å²) in [6.45, 7) is 1.93. The van der Waals surface area contributed by atoms with E-state index in [1.807, 2.05) is 0 Å². The van der Waals surface area contributed by atoms with Crippen molar-refractivity contribution in [1.29, 1.82) is 0 Å². The average Bonchev–Trinajstić information content (AvgIpc) is 2.29. The monoisotopic (exact) mass is 224 g/mol. The standard InChI is InChI=1S/C10H12N2O4/c1-3-16-10(14)6-8(13)7-4-5-9(15-2)12-11-7/h4-5H,3,6H2,1-2H3. The summed E-state index contributed by atoms with van der Waals surface area (Å²) in [5, 5.41) is 7.26. The Balaban J connectivity index is 2.62. The fraction of sp³-hybridized carbons (Fsp3) is 0.400. The molecule has 16 heavy (non-hydrogen) atoms. The lowest BCUT2D eigenvalue weighted by molar-refractivity contribution is -0.141. The van der Waals surface area contributed by atoms with Crippen LogP contribution < -0.4 is 4.74 Å². The molecule has 0 unspecified atom stereocenters. The molecule has 6 nitrogen and oxygen atoms in total. The average molecular weight is 224 g/mol. The number of hydrogen-bond donors (Lipinski definition) is 0. The van der Waals surface area contributed by atoms with Gasteiger partial charge < -0.3 is 9.47 Å². The first-order chi connectivity index (χ1) is 7.67. The molecule has 0 N–H and O–H groups in total. The number of hydrogen-bond acceptors (Lipinski definition) is 6. The first-order valence-corrected chi connectivity index (χ1v) is 4.74. The minimum absolute atomic E-state index is 0.119. The Morgan fingerprint density at radius 3 is 2.56 bits per heavy atom. The Morgan fingerprint density at radius 1 is 1.31 bits per heavy atom. The fourth-order valence-electron chi connectivity index (χ4n) is 1.01. The van der Waals surface area contributed by atoms with Gasteiger partial charge in [-0.25, -0.2) is 0 Å². The van der Waals surface area contributed by atoms with Crippen molar-refractivity contribution >= 4 is 11.8 Å². The van der Waals surface area contributed by atoms with Crippen LogP contribution in [0.25, 0.3) is 0 Å². The van der Waals surface area contributed by atoms with E-state index in [1.165, 1.54) is 19.2 Å². The largest absolute Gasteiger partial charge is 0.480 e. The number of ketones is 1. The van der Waals surface area contributed by atoms with Gasteiger partial charge in [0.25, 0.3) is 0 Å². The molecule has 1 aromatic rings. The van der Waals surface area contributed by atoms with Crippen molar-refractivity contribution in [1.82, 2.24) is 10.2 Å². The maximum absolute atomic E-state index is 11.5. The maximum Gasteiger partial charge on any atom is 0.313 e. The van der Waals surface area contributed by atoms with Gasteiger partial charge in [0, 0.05) is 6.07 Å². The molecule has 0 aliphatic rings. The predicted molar refractivity (Wildman–Crippen MR) is 54.2 cm³/mol. The van der Waals surface area contributed by atoms with Crippen molar-refractivity contribution < 1.29 is 19.1 Å². The van der Waals surface area contributed by atoms with Crippen molar-refractivity contribution in [2.45, 2.75) is 13.3 Å². The van der Waals surface area contributed by atoms with Gasteiger partial charge >= 0.3 is 5.97 Å². The number of nitrogens with zero attached hydrogens (tertiary/aromatic N) is 2. The van der Waals surface area contributed by atoms with Crippen LogP contribution in [-0.4, -0.2) is 35.7 Å². The molecule has 0 fully saturated rings. The van der Waals surface area contributed by atoms with E-state index in [-0.39, 0.29) is 18.7 Å². The van der Waals surface area contributed by atoms with Crippen LogP contribution in [-0.2, 0) is 9.53 Å². The second kappa shape index (κ2) is 5.79. The SMILES string of the molecule is CCOC(=O)CC(=O)c1ccc(OC)nn1. The van der Waals surface area contributed by atoms with Crippen LogP contribution in [0.2, 0.25) is 0 Å². The van der Waals surface area contributed by atoms with Crippen LogP contribution in [0.4, 0.5) is 0 Å². The molecule has 1 rings (SSSR count). The zero-order valence-electron chi connectivity index (χ0n) is 9.10. The number of carbonyl (C=O) groups excluding carboxylic acids is 2. The number of aromatic nitrogens is 2. The molecule has 0 saturated carbocycles. The predicted octanol–water partition coefficient (Wildman–Crippen LogP) is 0.621. The lowest BCUT2D eigenvalue weighted by Crippen LogP contribution is -2.13. The highest BCUT2D eigenvalue weighted by Gasteiger charge is 2.14. The second-order valence-corrected chi connectivity index (χ2v) is 2.87. The van der Waals surface area contributed by atoms with Crippen molar-refractivity contribution in [3.05, 3.63) is 17.8 Å². The summed E-state index contributed by atoms with van der Waals surface area (Å²) >= 11 is 0. The molecule has 0 spiro atoms. The molecule has 0 radical (unpaired) electrons. The van der Waals surface area contributed by atoms with Crippen molar-refractivity contribution in [2.24, 2.45) is 0 Å². The minimum Gasteiger partial charge on any atom is -0.480 e. The lowest BCUT2D eigenvalue weighted by Gasteiger charge is -2.01. The third-order valence-corrected chi connectivity index (χ3v) is 1.75. The van der Waals surface area contributed by atoms with Crippen LogP contribution >= 0.6 is 0 Å². The molecule has 0 bridgehead atoms. The fourth-order valence-corrected chi connectivity index (χ4v) is 1.01. The molecule has 6 heteroatoms.